The molecule has 0 amide bonds. The molecule has 0 radical (unpaired) electrons. The first-order valence-corrected chi connectivity index (χ1v) is 7.43. The molecule has 4 heteroatoms. The second-order valence-electron chi connectivity index (χ2n) is 4.47. The van der Waals surface area contributed by atoms with Gasteiger partial charge in [0, 0.05) is 22.8 Å². The summed E-state index contributed by atoms with van der Waals surface area (Å²) in [6.07, 6.45) is 1.09. The lowest BCUT2D eigenvalue weighted by Gasteiger charge is -2.07. The molecule has 2 rings (SSSR count). The van der Waals surface area contributed by atoms with Crippen LogP contribution in [0.2, 0.25) is 0 Å². The van der Waals surface area contributed by atoms with Crippen LogP contribution in [-0.2, 0) is 19.5 Å². The Hall–Kier alpha value is -1.83. The van der Waals surface area contributed by atoms with Crippen LogP contribution in [0.5, 0.6) is 5.75 Å². The summed E-state index contributed by atoms with van der Waals surface area (Å²) in [5.41, 5.74) is 1.69. The van der Waals surface area contributed by atoms with Crippen molar-refractivity contribution in [1.82, 2.24) is 5.32 Å². The van der Waals surface area contributed by atoms with Crippen molar-refractivity contribution in [2.24, 2.45) is 0 Å². The summed E-state index contributed by atoms with van der Waals surface area (Å²) in [6.45, 7) is 3.81. The van der Waals surface area contributed by atoms with E-state index in [4.69, 9.17) is 10.00 Å². The van der Waals surface area contributed by atoms with Gasteiger partial charge in [0.15, 0.2) is 0 Å². The highest BCUT2D eigenvalue weighted by Gasteiger charge is 2.04. The molecular formula is C16H18N2OS. The first kappa shape index (κ1) is 14.6. The molecule has 1 aromatic carbocycles. The lowest BCUT2D eigenvalue weighted by molar-refractivity contribution is 0.412. The number of aryl methyl sites for hydroxylation is 1. The van der Waals surface area contributed by atoms with Gasteiger partial charge in [-0.15, -0.1) is 11.3 Å². The molecule has 1 aromatic heterocycles. The minimum absolute atomic E-state index is 0.571. The Labute approximate surface area is 123 Å². The molecule has 2 aromatic rings. The van der Waals surface area contributed by atoms with Crippen LogP contribution in [0.15, 0.2) is 30.3 Å². The van der Waals surface area contributed by atoms with E-state index in [1.807, 2.05) is 23.5 Å². The van der Waals surface area contributed by atoms with Gasteiger partial charge in [-0.1, -0.05) is 13.0 Å². The highest BCUT2D eigenvalue weighted by Crippen LogP contribution is 2.20. The first-order valence-electron chi connectivity index (χ1n) is 6.62. The third kappa shape index (κ3) is 3.60. The Morgan fingerprint density at radius 3 is 2.65 bits per heavy atom. The highest BCUT2D eigenvalue weighted by molar-refractivity contribution is 7.11. The van der Waals surface area contributed by atoms with Crippen LogP contribution >= 0.6 is 11.3 Å². The average molecular weight is 286 g/mol. The fourth-order valence-corrected chi connectivity index (χ4v) is 2.90. The molecular weight excluding hydrogens is 268 g/mol. The van der Waals surface area contributed by atoms with Crippen LogP contribution in [0.3, 0.4) is 0 Å². The maximum atomic E-state index is 8.95. The number of hydrogen-bond donors (Lipinski definition) is 1. The third-order valence-corrected chi connectivity index (χ3v) is 4.31. The van der Waals surface area contributed by atoms with Gasteiger partial charge in [0.2, 0.25) is 0 Å². The van der Waals surface area contributed by atoms with Crippen LogP contribution in [-0.4, -0.2) is 7.11 Å². The number of hydrogen-bond acceptors (Lipinski definition) is 4. The minimum atomic E-state index is 0.571. The largest absolute Gasteiger partial charge is 0.495 e. The lowest BCUT2D eigenvalue weighted by Crippen LogP contribution is -2.11. The molecule has 0 fully saturated rings. The standard InChI is InChI=1S/C16H18N2OS/c1-3-14-6-7-15(20-14)11-18-10-12-4-5-13(9-17)16(8-12)19-2/h4-8,18H,3,10-11H2,1-2H3. The molecule has 0 bridgehead atoms. The second kappa shape index (κ2) is 7.09. The Bertz CT molecular complexity index is 613. The van der Waals surface area contributed by atoms with Gasteiger partial charge in [-0.05, 0) is 36.2 Å². The van der Waals surface area contributed by atoms with E-state index >= 15 is 0 Å². The van der Waals surface area contributed by atoms with Crippen molar-refractivity contribution in [2.75, 3.05) is 7.11 Å². The monoisotopic (exact) mass is 286 g/mol. The summed E-state index contributed by atoms with van der Waals surface area (Å²) >= 11 is 1.85. The van der Waals surface area contributed by atoms with E-state index in [2.05, 4.69) is 30.4 Å². The number of rotatable bonds is 6. The maximum absolute atomic E-state index is 8.95. The molecule has 20 heavy (non-hydrogen) atoms. The zero-order chi connectivity index (χ0) is 14.4. The molecule has 0 saturated carbocycles. The second-order valence-corrected chi connectivity index (χ2v) is 5.72. The highest BCUT2D eigenvalue weighted by atomic mass is 32.1. The van der Waals surface area contributed by atoms with Crippen molar-refractivity contribution >= 4 is 11.3 Å². The topological polar surface area (TPSA) is 45.0 Å². The number of methoxy groups -OCH3 is 1. The van der Waals surface area contributed by atoms with Crippen molar-refractivity contribution in [3.63, 3.8) is 0 Å². The van der Waals surface area contributed by atoms with Crippen LogP contribution < -0.4 is 10.1 Å². The van der Waals surface area contributed by atoms with E-state index in [0.717, 1.165) is 25.1 Å². The Balaban J connectivity index is 1.92. The maximum Gasteiger partial charge on any atom is 0.136 e. The summed E-state index contributed by atoms with van der Waals surface area (Å²) in [7, 11) is 1.59. The number of nitrogens with zero attached hydrogens (tertiary/aromatic N) is 1. The molecule has 0 saturated heterocycles. The molecule has 104 valence electrons. The van der Waals surface area contributed by atoms with E-state index in [9.17, 15) is 0 Å². The summed E-state index contributed by atoms with van der Waals surface area (Å²) in [4.78, 5) is 2.77. The number of nitrogens with one attached hydrogen (secondary N) is 1. The summed E-state index contributed by atoms with van der Waals surface area (Å²) in [5.74, 6) is 0.635. The smallest absolute Gasteiger partial charge is 0.136 e. The van der Waals surface area contributed by atoms with E-state index in [1.165, 1.54) is 9.75 Å². The predicted molar refractivity (Wildman–Crippen MR) is 81.9 cm³/mol. The zero-order valence-electron chi connectivity index (χ0n) is 11.8. The zero-order valence-corrected chi connectivity index (χ0v) is 12.6. The predicted octanol–water partition coefficient (Wildman–Crippen LogP) is 3.48. The molecule has 0 unspecified atom stereocenters. The van der Waals surface area contributed by atoms with Gasteiger partial charge in [-0.3, -0.25) is 0 Å². The van der Waals surface area contributed by atoms with Crippen LogP contribution in [0.4, 0.5) is 0 Å². The number of ether oxygens (including phenoxy) is 1. The van der Waals surface area contributed by atoms with Crippen molar-refractivity contribution in [2.45, 2.75) is 26.4 Å². The third-order valence-electron chi connectivity index (χ3n) is 3.08. The van der Waals surface area contributed by atoms with Gasteiger partial charge in [0.25, 0.3) is 0 Å². The molecule has 1 N–H and O–H groups in total. The Morgan fingerprint density at radius 2 is 2.00 bits per heavy atom. The van der Waals surface area contributed by atoms with Crippen molar-refractivity contribution in [3.8, 4) is 11.8 Å². The molecule has 0 aliphatic heterocycles. The Morgan fingerprint density at radius 1 is 1.20 bits per heavy atom. The summed E-state index contributed by atoms with van der Waals surface area (Å²) in [6, 6.07) is 12.2. The SMILES string of the molecule is CCc1ccc(CNCc2ccc(C#N)c(OC)c2)s1. The fraction of sp³-hybridized carbons (Fsp3) is 0.312. The van der Waals surface area contributed by atoms with Crippen LogP contribution in [0, 0.1) is 11.3 Å². The van der Waals surface area contributed by atoms with Gasteiger partial charge in [-0.25, -0.2) is 0 Å². The van der Waals surface area contributed by atoms with Gasteiger partial charge in [0.1, 0.15) is 11.8 Å². The molecule has 0 atom stereocenters. The molecule has 0 aliphatic rings. The summed E-state index contributed by atoms with van der Waals surface area (Å²) in [5, 5.41) is 12.4. The van der Waals surface area contributed by atoms with Crippen molar-refractivity contribution in [1.29, 1.82) is 5.26 Å². The van der Waals surface area contributed by atoms with Gasteiger partial charge in [-0.2, -0.15) is 5.26 Å². The molecule has 1 heterocycles. The lowest BCUT2D eigenvalue weighted by atomic mass is 10.1. The van der Waals surface area contributed by atoms with Crippen LogP contribution in [0.1, 0.15) is 27.8 Å². The quantitative estimate of drug-likeness (QED) is 0.884. The summed E-state index contributed by atoms with van der Waals surface area (Å²) < 4.78 is 5.21. The van der Waals surface area contributed by atoms with E-state index in [-0.39, 0.29) is 0 Å². The minimum Gasteiger partial charge on any atom is -0.495 e. The van der Waals surface area contributed by atoms with Crippen molar-refractivity contribution in [3.05, 3.63) is 51.2 Å². The van der Waals surface area contributed by atoms with Gasteiger partial charge in [0.05, 0.1) is 12.7 Å². The molecule has 3 nitrogen and oxygen atoms in total. The Kier molecular flexibility index (Phi) is 5.16. The fourth-order valence-electron chi connectivity index (χ4n) is 1.98. The van der Waals surface area contributed by atoms with E-state index in [0.29, 0.717) is 11.3 Å². The van der Waals surface area contributed by atoms with E-state index in [1.54, 1.807) is 13.2 Å². The number of nitriles is 1. The average Bonchev–Trinajstić information content (AvgIpc) is 2.95. The first-order chi connectivity index (χ1) is 9.76. The molecule has 0 aliphatic carbocycles. The van der Waals surface area contributed by atoms with Gasteiger partial charge < -0.3 is 10.1 Å². The van der Waals surface area contributed by atoms with Crippen LogP contribution in [0.25, 0.3) is 0 Å². The van der Waals surface area contributed by atoms with E-state index < -0.39 is 0 Å². The number of thiophene rings is 1. The molecule has 0 spiro atoms. The van der Waals surface area contributed by atoms with Gasteiger partial charge >= 0.3 is 0 Å². The number of benzene rings is 1. The normalized spacial score (nSPS) is 10.2. The van der Waals surface area contributed by atoms with Crippen molar-refractivity contribution < 1.29 is 4.74 Å².